The number of likely N-dealkylation sites (N-methyl/N-ethyl adjacent to an activating group) is 1. The van der Waals surface area contributed by atoms with Gasteiger partial charge in [0.05, 0.1) is 6.42 Å². The third-order valence-corrected chi connectivity index (χ3v) is 3.38. The minimum absolute atomic E-state index is 0.0523. The van der Waals surface area contributed by atoms with Crippen LogP contribution in [0.2, 0.25) is 0 Å². The molecule has 2 aromatic carbocycles. The van der Waals surface area contributed by atoms with Crippen LogP contribution in [0.5, 0.6) is 0 Å². The van der Waals surface area contributed by atoms with Crippen molar-refractivity contribution in [1.29, 1.82) is 0 Å². The van der Waals surface area contributed by atoms with Gasteiger partial charge < -0.3 is 10.2 Å². The lowest BCUT2D eigenvalue weighted by atomic mass is 10.1. The van der Waals surface area contributed by atoms with Crippen molar-refractivity contribution in [2.24, 2.45) is 0 Å². The van der Waals surface area contributed by atoms with E-state index in [9.17, 15) is 9.59 Å². The number of hydrogen-bond acceptors (Lipinski definition) is 2. The monoisotopic (exact) mass is 296 g/mol. The first-order valence-corrected chi connectivity index (χ1v) is 7.13. The van der Waals surface area contributed by atoms with Crippen molar-refractivity contribution in [2.45, 2.75) is 13.3 Å². The molecule has 0 spiro atoms. The quantitative estimate of drug-likeness (QED) is 0.943. The zero-order chi connectivity index (χ0) is 16.1. The van der Waals surface area contributed by atoms with Crippen molar-refractivity contribution in [2.75, 3.05) is 19.4 Å². The number of nitrogens with one attached hydrogen (secondary N) is 1. The van der Waals surface area contributed by atoms with Gasteiger partial charge in [-0.1, -0.05) is 29.8 Å². The number of benzene rings is 2. The van der Waals surface area contributed by atoms with E-state index in [-0.39, 0.29) is 11.8 Å². The normalized spacial score (nSPS) is 10.1. The first-order valence-electron chi connectivity index (χ1n) is 7.13. The fourth-order valence-corrected chi connectivity index (χ4v) is 1.95. The molecule has 0 heterocycles. The molecule has 2 aromatic rings. The topological polar surface area (TPSA) is 49.4 Å². The van der Waals surface area contributed by atoms with E-state index in [4.69, 9.17) is 0 Å². The zero-order valence-corrected chi connectivity index (χ0v) is 13.1. The smallest absolute Gasteiger partial charge is 0.255 e. The lowest BCUT2D eigenvalue weighted by Gasteiger charge is -2.10. The highest BCUT2D eigenvalue weighted by Gasteiger charge is 2.07. The number of amides is 2. The van der Waals surface area contributed by atoms with Crippen LogP contribution >= 0.6 is 0 Å². The van der Waals surface area contributed by atoms with Gasteiger partial charge in [-0.2, -0.15) is 0 Å². The summed E-state index contributed by atoms with van der Waals surface area (Å²) in [6.07, 6.45) is 0.360. The summed E-state index contributed by atoms with van der Waals surface area (Å²) in [5.74, 6) is -0.0893. The van der Waals surface area contributed by atoms with Gasteiger partial charge in [0, 0.05) is 25.3 Å². The van der Waals surface area contributed by atoms with Crippen molar-refractivity contribution >= 4 is 17.5 Å². The summed E-state index contributed by atoms with van der Waals surface area (Å²) in [6.45, 7) is 1.98. The highest BCUT2D eigenvalue weighted by atomic mass is 16.2. The number of carbonyl (C=O) groups excluding carboxylic acids is 2. The lowest BCUT2D eigenvalue weighted by molar-refractivity contribution is -0.127. The SMILES string of the molecule is Cc1ccc(C(=O)Nc2ccc(CC(=O)N(C)C)cc2)cc1. The average molecular weight is 296 g/mol. The van der Waals surface area contributed by atoms with Gasteiger partial charge in [0.25, 0.3) is 5.91 Å². The first-order chi connectivity index (χ1) is 10.5. The molecule has 0 saturated carbocycles. The van der Waals surface area contributed by atoms with Crippen LogP contribution in [-0.4, -0.2) is 30.8 Å². The summed E-state index contributed by atoms with van der Waals surface area (Å²) in [5, 5.41) is 2.85. The Hall–Kier alpha value is -2.62. The Balaban J connectivity index is 2.00. The summed E-state index contributed by atoms with van der Waals surface area (Å²) < 4.78 is 0. The number of hydrogen-bond donors (Lipinski definition) is 1. The molecule has 0 unspecified atom stereocenters. The number of carbonyl (C=O) groups is 2. The molecule has 0 radical (unpaired) electrons. The molecule has 114 valence electrons. The molecule has 0 fully saturated rings. The van der Waals surface area contributed by atoms with Crippen LogP contribution in [0.15, 0.2) is 48.5 Å². The Kier molecular flexibility index (Phi) is 4.94. The van der Waals surface area contributed by atoms with Crippen LogP contribution in [0.4, 0.5) is 5.69 Å². The van der Waals surface area contributed by atoms with Gasteiger partial charge in [0.1, 0.15) is 0 Å². The van der Waals surface area contributed by atoms with E-state index >= 15 is 0 Å². The standard InChI is InChI=1S/C18H20N2O2/c1-13-4-8-15(9-5-13)18(22)19-16-10-6-14(7-11-16)12-17(21)20(2)3/h4-11H,12H2,1-3H3,(H,19,22). The van der Waals surface area contributed by atoms with Crippen LogP contribution in [0.3, 0.4) is 0 Å². The third kappa shape index (κ3) is 4.19. The molecule has 4 nitrogen and oxygen atoms in total. The first kappa shape index (κ1) is 15.8. The highest BCUT2D eigenvalue weighted by Crippen LogP contribution is 2.13. The largest absolute Gasteiger partial charge is 0.349 e. The van der Waals surface area contributed by atoms with Gasteiger partial charge >= 0.3 is 0 Å². The van der Waals surface area contributed by atoms with E-state index in [0.29, 0.717) is 17.7 Å². The molecule has 0 aromatic heterocycles. The van der Waals surface area contributed by atoms with E-state index in [2.05, 4.69) is 5.32 Å². The molecular formula is C18H20N2O2. The second-order valence-electron chi connectivity index (χ2n) is 5.48. The Morgan fingerprint density at radius 1 is 0.955 bits per heavy atom. The maximum absolute atomic E-state index is 12.1. The van der Waals surface area contributed by atoms with Crippen LogP contribution in [-0.2, 0) is 11.2 Å². The minimum atomic E-state index is -0.142. The van der Waals surface area contributed by atoms with E-state index in [1.807, 2.05) is 43.3 Å². The maximum atomic E-state index is 12.1. The molecule has 0 aliphatic heterocycles. The van der Waals surface area contributed by atoms with Crippen LogP contribution in [0.25, 0.3) is 0 Å². The zero-order valence-electron chi connectivity index (χ0n) is 13.1. The number of rotatable bonds is 4. The molecular weight excluding hydrogens is 276 g/mol. The van der Waals surface area contributed by atoms with Crippen LogP contribution in [0, 0.1) is 6.92 Å². The second kappa shape index (κ2) is 6.89. The van der Waals surface area contributed by atoms with Gasteiger partial charge in [-0.05, 0) is 36.8 Å². The highest BCUT2D eigenvalue weighted by molar-refractivity contribution is 6.04. The molecule has 0 bridgehead atoms. The van der Waals surface area contributed by atoms with Crippen molar-refractivity contribution < 1.29 is 9.59 Å². The minimum Gasteiger partial charge on any atom is -0.349 e. The molecule has 2 rings (SSSR count). The van der Waals surface area contributed by atoms with E-state index < -0.39 is 0 Å². The Bertz CT molecular complexity index is 658. The number of aryl methyl sites for hydroxylation is 1. The maximum Gasteiger partial charge on any atom is 0.255 e. The molecule has 0 atom stereocenters. The van der Waals surface area contributed by atoms with Gasteiger partial charge in [-0.25, -0.2) is 0 Å². The molecule has 1 N–H and O–H groups in total. The predicted octanol–water partition coefficient (Wildman–Crippen LogP) is 2.88. The molecule has 0 aliphatic carbocycles. The second-order valence-corrected chi connectivity index (χ2v) is 5.48. The van der Waals surface area contributed by atoms with E-state index in [1.54, 1.807) is 31.1 Å². The molecule has 0 aliphatic rings. The summed E-state index contributed by atoms with van der Waals surface area (Å²) >= 11 is 0. The Morgan fingerprint density at radius 3 is 2.09 bits per heavy atom. The molecule has 4 heteroatoms. The summed E-state index contributed by atoms with van der Waals surface area (Å²) in [5.41, 5.74) is 3.38. The third-order valence-electron chi connectivity index (χ3n) is 3.38. The summed E-state index contributed by atoms with van der Waals surface area (Å²) in [4.78, 5) is 25.3. The Morgan fingerprint density at radius 2 is 1.55 bits per heavy atom. The Labute approximate surface area is 130 Å². The predicted molar refractivity (Wildman–Crippen MR) is 88.0 cm³/mol. The summed E-state index contributed by atoms with van der Waals surface area (Å²) in [6, 6.07) is 14.7. The van der Waals surface area contributed by atoms with Crippen molar-refractivity contribution in [3.05, 3.63) is 65.2 Å². The lowest BCUT2D eigenvalue weighted by Crippen LogP contribution is -2.23. The molecule has 2 amide bonds. The van der Waals surface area contributed by atoms with Crippen LogP contribution in [0.1, 0.15) is 21.5 Å². The van der Waals surface area contributed by atoms with Gasteiger partial charge in [0.2, 0.25) is 5.91 Å². The van der Waals surface area contributed by atoms with E-state index in [0.717, 1.165) is 11.1 Å². The van der Waals surface area contributed by atoms with E-state index in [1.165, 1.54) is 0 Å². The number of anilines is 1. The van der Waals surface area contributed by atoms with Crippen molar-refractivity contribution in [1.82, 2.24) is 4.90 Å². The van der Waals surface area contributed by atoms with Gasteiger partial charge in [-0.3, -0.25) is 9.59 Å². The van der Waals surface area contributed by atoms with Crippen molar-refractivity contribution in [3.8, 4) is 0 Å². The van der Waals surface area contributed by atoms with Crippen LogP contribution < -0.4 is 5.32 Å². The fourth-order valence-electron chi connectivity index (χ4n) is 1.95. The van der Waals surface area contributed by atoms with Gasteiger partial charge in [0.15, 0.2) is 0 Å². The molecule has 0 saturated heterocycles. The average Bonchev–Trinajstić information content (AvgIpc) is 2.49. The summed E-state index contributed by atoms with van der Waals surface area (Å²) in [7, 11) is 3.47. The number of nitrogens with zero attached hydrogens (tertiary/aromatic N) is 1. The van der Waals surface area contributed by atoms with Crippen molar-refractivity contribution in [3.63, 3.8) is 0 Å². The fraction of sp³-hybridized carbons (Fsp3) is 0.222. The van der Waals surface area contributed by atoms with Gasteiger partial charge in [-0.15, -0.1) is 0 Å². The molecule has 22 heavy (non-hydrogen) atoms.